The molecule has 1 aromatic carbocycles. The molecule has 1 rings (SSSR count). The van der Waals surface area contributed by atoms with Crippen LogP contribution in [0, 0.1) is 0 Å². The highest BCUT2D eigenvalue weighted by atomic mass is 15.1. The predicted molar refractivity (Wildman–Crippen MR) is 55.5 cm³/mol. The quantitative estimate of drug-likeness (QED) is 0.528. The van der Waals surface area contributed by atoms with Gasteiger partial charge in [0.15, 0.2) is 5.96 Å². The fraction of sp³-hybridized carbons (Fsp3) is 0.300. The summed E-state index contributed by atoms with van der Waals surface area (Å²) in [6, 6.07) is 10.3. The van der Waals surface area contributed by atoms with Gasteiger partial charge >= 0.3 is 0 Å². The summed E-state index contributed by atoms with van der Waals surface area (Å²) in [7, 11) is 1.67. The Morgan fingerprint density at radius 3 is 2.54 bits per heavy atom. The zero-order valence-electron chi connectivity index (χ0n) is 7.99. The minimum absolute atomic E-state index is 0.199. The molecule has 0 fully saturated rings. The third-order valence-electron chi connectivity index (χ3n) is 1.90. The normalized spacial score (nSPS) is 13.8. The van der Waals surface area contributed by atoms with E-state index < -0.39 is 0 Å². The van der Waals surface area contributed by atoms with Crippen LogP contribution in [0.2, 0.25) is 0 Å². The van der Waals surface area contributed by atoms with Gasteiger partial charge in [-0.2, -0.15) is 0 Å². The Morgan fingerprint density at radius 2 is 2.00 bits per heavy atom. The molecule has 0 aromatic heterocycles. The van der Waals surface area contributed by atoms with Crippen LogP contribution < -0.4 is 11.1 Å². The van der Waals surface area contributed by atoms with Crippen molar-refractivity contribution in [2.75, 3.05) is 7.05 Å². The molecule has 3 heteroatoms. The van der Waals surface area contributed by atoms with E-state index in [0.717, 1.165) is 0 Å². The molecule has 1 atom stereocenters. The van der Waals surface area contributed by atoms with E-state index in [9.17, 15) is 0 Å². The van der Waals surface area contributed by atoms with Crippen LogP contribution in [0.25, 0.3) is 0 Å². The molecule has 0 bridgehead atoms. The third kappa shape index (κ3) is 2.78. The maximum atomic E-state index is 5.55. The number of nitrogens with two attached hydrogens (primary N) is 1. The molecule has 0 spiro atoms. The van der Waals surface area contributed by atoms with Gasteiger partial charge < -0.3 is 11.1 Å². The van der Waals surface area contributed by atoms with Gasteiger partial charge in [-0.25, -0.2) is 0 Å². The van der Waals surface area contributed by atoms with E-state index in [0.29, 0.717) is 5.96 Å². The predicted octanol–water partition coefficient (Wildman–Crippen LogP) is 1.28. The van der Waals surface area contributed by atoms with Gasteiger partial charge in [0, 0.05) is 7.05 Å². The Morgan fingerprint density at radius 1 is 1.38 bits per heavy atom. The summed E-state index contributed by atoms with van der Waals surface area (Å²) in [4.78, 5) is 3.84. The molecule has 0 aliphatic rings. The molecule has 0 aliphatic heterocycles. The average Bonchev–Trinajstić information content (AvgIpc) is 2.19. The zero-order chi connectivity index (χ0) is 9.68. The molecular formula is C10H15N3. The monoisotopic (exact) mass is 177 g/mol. The van der Waals surface area contributed by atoms with Crippen molar-refractivity contribution >= 4 is 5.96 Å². The highest BCUT2D eigenvalue weighted by Gasteiger charge is 2.03. The fourth-order valence-electron chi connectivity index (χ4n) is 1.11. The second kappa shape index (κ2) is 4.50. The minimum Gasteiger partial charge on any atom is -0.370 e. The first kappa shape index (κ1) is 9.58. The van der Waals surface area contributed by atoms with Crippen molar-refractivity contribution in [3.63, 3.8) is 0 Å². The first-order valence-corrected chi connectivity index (χ1v) is 4.27. The zero-order valence-corrected chi connectivity index (χ0v) is 7.99. The number of hydrogen-bond donors (Lipinski definition) is 2. The molecular weight excluding hydrogens is 162 g/mol. The van der Waals surface area contributed by atoms with E-state index in [2.05, 4.69) is 22.4 Å². The molecule has 0 amide bonds. The van der Waals surface area contributed by atoms with E-state index in [4.69, 9.17) is 5.73 Å². The summed E-state index contributed by atoms with van der Waals surface area (Å²) in [6.07, 6.45) is 0. The van der Waals surface area contributed by atoms with Gasteiger partial charge in [0.1, 0.15) is 0 Å². The number of benzene rings is 1. The molecule has 0 radical (unpaired) electrons. The molecule has 0 aliphatic carbocycles. The van der Waals surface area contributed by atoms with E-state index >= 15 is 0 Å². The lowest BCUT2D eigenvalue weighted by molar-refractivity contribution is 0.711. The number of aliphatic imine (C=N–C) groups is 1. The second-order valence-corrected chi connectivity index (χ2v) is 2.89. The van der Waals surface area contributed by atoms with E-state index in [1.54, 1.807) is 7.05 Å². The number of hydrogen-bond acceptors (Lipinski definition) is 1. The molecule has 13 heavy (non-hydrogen) atoms. The maximum Gasteiger partial charge on any atom is 0.188 e. The van der Waals surface area contributed by atoms with Crippen LogP contribution in [0.1, 0.15) is 18.5 Å². The van der Waals surface area contributed by atoms with Gasteiger partial charge in [-0.1, -0.05) is 30.3 Å². The molecule has 70 valence electrons. The molecule has 0 heterocycles. The molecule has 3 nitrogen and oxygen atoms in total. The van der Waals surface area contributed by atoms with Crippen LogP contribution in [-0.4, -0.2) is 13.0 Å². The fourth-order valence-corrected chi connectivity index (χ4v) is 1.11. The van der Waals surface area contributed by atoms with Crippen molar-refractivity contribution in [2.45, 2.75) is 13.0 Å². The van der Waals surface area contributed by atoms with Crippen LogP contribution in [0.5, 0.6) is 0 Å². The number of nitrogens with zero attached hydrogens (tertiary/aromatic N) is 1. The lowest BCUT2D eigenvalue weighted by Crippen LogP contribution is -2.33. The van der Waals surface area contributed by atoms with Crippen LogP contribution in [0.3, 0.4) is 0 Å². The number of rotatable bonds is 2. The SMILES string of the molecule is CN=C(N)NC(C)c1ccccc1. The van der Waals surface area contributed by atoms with Gasteiger partial charge in [-0.3, -0.25) is 4.99 Å². The summed E-state index contributed by atoms with van der Waals surface area (Å²) in [6.45, 7) is 2.05. The highest BCUT2D eigenvalue weighted by Crippen LogP contribution is 2.10. The van der Waals surface area contributed by atoms with Crippen molar-refractivity contribution < 1.29 is 0 Å². The van der Waals surface area contributed by atoms with Gasteiger partial charge in [0.2, 0.25) is 0 Å². The average molecular weight is 177 g/mol. The smallest absolute Gasteiger partial charge is 0.188 e. The van der Waals surface area contributed by atoms with E-state index in [-0.39, 0.29) is 6.04 Å². The third-order valence-corrected chi connectivity index (χ3v) is 1.90. The van der Waals surface area contributed by atoms with Gasteiger partial charge in [0.05, 0.1) is 6.04 Å². The molecule has 1 unspecified atom stereocenters. The van der Waals surface area contributed by atoms with Crippen LogP contribution in [-0.2, 0) is 0 Å². The molecule has 1 aromatic rings. The Hall–Kier alpha value is -1.51. The van der Waals surface area contributed by atoms with Gasteiger partial charge in [-0.05, 0) is 12.5 Å². The van der Waals surface area contributed by atoms with Crippen molar-refractivity contribution in [1.82, 2.24) is 5.32 Å². The number of nitrogens with one attached hydrogen (secondary N) is 1. The van der Waals surface area contributed by atoms with Crippen LogP contribution in [0.4, 0.5) is 0 Å². The summed E-state index contributed by atoms with van der Waals surface area (Å²) in [5, 5.41) is 3.07. The summed E-state index contributed by atoms with van der Waals surface area (Å²) >= 11 is 0. The second-order valence-electron chi connectivity index (χ2n) is 2.89. The van der Waals surface area contributed by atoms with Gasteiger partial charge in [0.25, 0.3) is 0 Å². The van der Waals surface area contributed by atoms with Gasteiger partial charge in [-0.15, -0.1) is 0 Å². The number of guanidine groups is 1. The van der Waals surface area contributed by atoms with Crippen molar-refractivity contribution in [1.29, 1.82) is 0 Å². The van der Waals surface area contributed by atoms with Crippen LogP contribution in [0.15, 0.2) is 35.3 Å². The minimum atomic E-state index is 0.199. The molecule has 3 N–H and O–H groups in total. The highest BCUT2D eigenvalue weighted by molar-refractivity contribution is 5.78. The largest absolute Gasteiger partial charge is 0.370 e. The Kier molecular flexibility index (Phi) is 3.31. The summed E-state index contributed by atoms with van der Waals surface area (Å²) < 4.78 is 0. The molecule has 0 saturated heterocycles. The van der Waals surface area contributed by atoms with Crippen molar-refractivity contribution in [3.05, 3.63) is 35.9 Å². The standard InChI is InChI=1S/C10H15N3/c1-8(13-10(11)12-2)9-6-4-3-5-7-9/h3-8H,1-2H3,(H3,11,12,13). The lowest BCUT2D eigenvalue weighted by atomic mass is 10.1. The van der Waals surface area contributed by atoms with Crippen molar-refractivity contribution in [2.24, 2.45) is 10.7 Å². The topological polar surface area (TPSA) is 50.4 Å². The van der Waals surface area contributed by atoms with E-state index in [1.165, 1.54) is 5.56 Å². The Bertz CT molecular complexity index is 279. The summed E-state index contributed by atoms with van der Waals surface area (Å²) in [5.74, 6) is 0.469. The lowest BCUT2D eigenvalue weighted by Gasteiger charge is -2.13. The van der Waals surface area contributed by atoms with E-state index in [1.807, 2.05) is 25.1 Å². The Labute approximate surface area is 78.7 Å². The first-order chi connectivity index (χ1) is 6.24. The van der Waals surface area contributed by atoms with Crippen molar-refractivity contribution in [3.8, 4) is 0 Å². The molecule has 0 saturated carbocycles. The maximum absolute atomic E-state index is 5.55. The Balaban J connectivity index is 2.64. The first-order valence-electron chi connectivity index (χ1n) is 4.27. The summed E-state index contributed by atoms with van der Waals surface area (Å²) in [5.41, 5.74) is 6.75. The van der Waals surface area contributed by atoms with Crippen LogP contribution >= 0.6 is 0 Å².